The summed E-state index contributed by atoms with van der Waals surface area (Å²) in [6.45, 7) is 5.72. The van der Waals surface area contributed by atoms with E-state index in [4.69, 9.17) is 11.6 Å². The van der Waals surface area contributed by atoms with Crippen LogP contribution >= 0.6 is 11.6 Å². The van der Waals surface area contributed by atoms with Crippen LogP contribution < -0.4 is 9.62 Å². The highest BCUT2D eigenvalue weighted by molar-refractivity contribution is 7.92. The van der Waals surface area contributed by atoms with E-state index in [0.717, 1.165) is 27.3 Å². The fourth-order valence-corrected chi connectivity index (χ4v) is 3.98. The molecule has 2 rings (SSSR count). The number of nitrogens with one attached hydrogen (secondary N) is 1. The number of amides is 1. The van der Waals surface area contributed by atoms with E-state index >= 15 is 0 Å². The molecular formula is C20H25ClN2O3S. The molecular weight excluding hydrogens is 384 g/mol. The molecule has 0 spiro atoms. The number of nitrogens with zero attached hydrogens (tertiary/aromatic N) is 1. The van der Waals surface area contributed by atoms with Crippen molar-refractivity contribution < 1.29 is 13.2 Å². The van der Waals surface area contributed by atoms with Crippen molar-refractivity contribution in [3.63, 3.8) is 0 Å². The molecule has 7 heteroatoms. The molecule has 0 bridgehead atoms. The minimum absolute atomic E-state index is 0.176. The molecule has 0 aromatic heterocycles. The Balaban J connectivity index is 2.20. The maximum atomic E-state index is 12.6. The summed E-state index contributed by atoms with van der Waals surface area (Å²) in [7, 11) is -3.62. The largest absolute Gasteiger partial charge is 0.348 e. The van der Waals surface area contributed by atoms with Crippen LogP contribution in [0.2, 0.25) is 5.02 Å². The molecule has 0 aliphatic rings. The van der Waals surface area contributed by atoms with E-state index in [1.807, 2.05) is 32.9 Å². The van der Waals surface area contributed by atoms with E-state index in [-0.39, 0.29) is 18.5 Å². The Bertz CT molecular complexity index is 911. The zero-order valence-electron chi connectivity index (χ0n) is 16.0. The van der Waals surface area contributed by atoms with Gasteiger partial charge in [-0.3, -0.25) is 9.10 Å². The lowest BCUT2D eigenvalue weighted by Crippen LogP contribution is -2.41. The zero-order chi connectivity index (χ0) is 20.2. The molecule has 1 N–H and O–H groups in total. The SMILES string of the molecule is CC[C@H](NC(=O)CN(c1ccc(Cl)cc1)S(C)(=O)=O)c1ccc(C)cc1C. The third kappa shape index (κ3) is 5.71. The molecule has 1 amide bonds. The molecule has 2 aromatic carbocycles. The molecule has 0 saturated heterocycles. The van der Waals surface area contributed by atoms with Gasteiger partial charge in [0.1, 0.15) is 6.54 Å². The first-order chi connectivity index (χ1) is 12.6. The summed E-state index contributed by atoms with van der Waals surface area (Å²) in [6.07, 6.45) is 1.78. The van der Waals surface area contributed by atoms with Gasteiger partial charge in [0.25, 0.3) is 0 Å². The Hall–Kier alpha value is -2.05. The van der Waals surface area contributed by atoms with Gasteiger partial charge in [-0.2, -0.15) is 0 Å². The van der Waals surface area contributed by atoms with Crippen molar-refractivity contribution in [2.45, 2.75) is 33.2 Å². The topological polar surface area (TPSA) is 66.5 Å². The van der Waals surface area contributed by atoms with Crippen LogP contribution in [0, 0.1) is 13.8 Å². The zero-order valence-corrected chi connectivity index (χ0v) is 17.6. The molecule has 1 atom stereocenters. The van der Waals surface area contributed by atoms with E-state index in [2.05, 4.69) is 11.4 Å². The minimum Gasteiger partial charge on any atom is -0.348 e. The summed E-state index contributed by atoms with van der Waals surface area (Å²) in [5.41, 5.74) is 3.69. The van der Waals surface area contributed by atoms with Crippen molar-refractivity contribution in [2.24, 2.45) is 0 Å². The molecule has 0 heterocycles. The Kier molecular flexibility index (Phi) is 6.89. The quantitative estimate of drug-likeness (QED) is 0.753. The molecule has 2 aromatic rings. The van der Waals surface area contributed by atoms with Gasteiger partial charge in [0, 0.05) is 5.02 Å². The van der Waals surface area contributed by atoms with Crippen molar-refractivity contribution in [3.8, 4) is 0 Å². The van der Waals surface area contributed by atoms with Gasteiger partial charge in [-0.15, -0.1) is 0 Å². The second kappa shape index (κ2) is 8.76. The number of benzene rings is 2. The van der Waals surface area contributed by atoms with Crippen molar-refractivity contribution >= 4 is 33.2 Å². The van der Waals surface area contributed by atoms with Gasteiger partial charge in [0.2, 0.25) is 15.9 Å². The normalized spacial score (nSPS) is 12.5. The summed E-state index contributed by atoms with van der Waals surface area (Å²) >= 11 is 5.87. The van der Waals surface area contributed by atoms with Crippen molar-refractivity contribution in [1.29, 1.82) is 0 Å². The second-order valence-electron chi connectivity index (χ2n) is 6.63. The van der Waals surface area contributed by atoms with E-state index in [1.54, 1.807) is 24.3 Å². The number of rotatable bonds is 7. The molecule has 27 heavy (non-hydrogen) atoms. The Morgan fingerprint density at radius 1 is 1.15 bits per heavy atom. The van der Waals surface area contributed by atoms with Crippen LogP contribution in [0.15, 0.2) is 42.5 Å². The van der Waals surface area contributed by atoms with E-state index in [9.17, 15) is 13.2 Å². The summed E-state index contributed by atoms with van der Waals surface area (Å²) in [4.78, 5) is 12.6. The molecule has 0 aliphatic carbocycles. The Morgan fingerprint density at radius 2 is 1.78 bits per heavy atom. The summed E-state index contributed by atoms with van der Waals surface area (Å²) in [6, 6.07) is 12.3. The predicted molar refractivity (Wildman–Crippen MR) is 111 cm³/mol. The lowest BCUT2D eigenvalue weighted by atomic mass is 9.97. The number of carbonyl (C=O) groups is 1. The van der Waals surface area contributed by atoms with Crippen LogP contribution in [0.5, 0.6) is 0 Å². The lowest BCUT2D eigenvalue weighted by Gasteiger charge is -2.25. The van der Waals surface area contributed by atoms with Gasteiger partial charge < -0.3 is 5.32 Å². The van der Waals surface area contributed by atoms with Crippen LogP contribution in [-0.2, 0) is 14.8 Å². The first kappa shape index (κ1) is 21.3. The van der Waals surface area contributed by atoms with E-state index in [0.29, 0.717) is 17.1 Å². The number of hydrogen-bond donors (Lipinski definition) is 1. The van der Waals surface area contributed by atoms with Crippen molar-refractivity contribution in [2.75, 3.05) is 17.1 Å². The van der Waals surface area contributed by atoms with E-state index in [1.165, 1.54) is 0 Å². The number of halogens is 1. The molecule has 0 unspecified atom stereocenters. The van der Waals surface area contributed by atoms with Gasteiger partial charge >= 0.3 is 0 Å². The lowest BCUT2D eigenvalue weighted by molar-refractivity contribution is -0.120. The summed E-state index contributed by atoms with van der Waals surface area (Å²) < 4.78 is 25.4. The third-order valence-corrected chi connectivity index (χ3v) is 5.74. The van der Waals surface area contributed by atoms with Crippen LogP contribution in [0.3, 0.4) is 0 Å². The summed E-state index contributed by atoms with van der Waals surface area (Å²) in [5, 5.41) is 3.45. The van der Waals surface area contributed by atoms with Crippen LogP contribution in [0.25, 0.3) is 0 Å². The van der Waals surface area contributed by atoms with Gasteiger partial charge in [-0.1, -0.05) is 42.3 Å². The van der Waals surface area contributed by atoms with Crippen molar-refractivity contribution in [1.82, 2.24) is 5.32 Å². The number of aryl methyl sites for hydroxylation is 2. The molecule has 0 fully saturated rings. The fourth-order valence-electron chi connectivity index (χ4n) is 2.99. The van der Waals surface area contributed by atoms with Crippen LogP contribution in [0.4, 0.5) is 5.69 Å². The standard InChI is InChI=1S/C20H25ClN2O3S/c1-5-19(18-11-6-14(2)12-15(18)3)22-20(24)13-23(27(4,25)26)17-9-7-16(21)8-10-17/h6-12,19H,5,13H2,1-4H3,(H,22,24)/t19-/m0/s1. The smallest absolute Gasteiger partial charge is 0.241 e. The van der Waals surface area contributed by atoms with Crippen molar-refractivity contribution in [3.05, 3.63) is 64.2 Å². The molecule has 0 radical (unpaired) electrons. The summed E-state index contributed by atoms with van der Waals surface area (Å²) in [5.74, 6) is -0.359. The Morgan fingerprint density at radius 3 is 2.30 bits per heavy atom. The Labute approximate surface area is 166 Å². The second-order valence-corrected chi connectivity index (χ2v) is 8.98. The predicted octanol–water partition coefficient (Wildman–Crippen LogP) is 3.99. The highest BCUT2D eigenvalue weighted by atomic mass is 35.5. The molecule has 0 saturated carbocycles. The van der Waals surface area contributed by atoms with Gasteiger partial charge in [0.15, 0.2) is 0 Å². The maximum Gasteiger partial charge on any atom is 0.241 e. The maximum absolute atomic E-state index is 12.6. The first-order valence-corrected chi connectivity index (χ1v) is 10.9. The molecule has 0 aliphatic heterocycles. The minimum atomic E-state index is -3.62. The third-order valence-electron chi connectivity index (χ3n) is 4.35. The van der Waals surface area contributed by atoms with Gasteiger partial charge in [-0.05, 0) is 55.7 Å². The average molecular weight is 409 g/mol. The number of sulfonamides is 1. The van der Waals surface area contributed by atoms with Gasteiger partial charge in [0.05, 0.1) is 18.0 Å². The average Bonchev–Trinajstić information content (AvgIpc) is 2.58. The first-order valence-electron chi connectivity index (χ1n) is 8.71. The number of carbonyl (C=O) groups excluding carboxylic acids is 1. The van der Waals surface area contributed by atoms with Crippen LogP contribution in [0.1, 0.15) is 36.1 Å². The number of anilines is 1. The fraction of sp³-hybridized carbons (Fsp3) is 0.350. The highest BCUT2D eigenvalue weighted by Crippen LogP contribution is 2.23. The number of hydrogen-bond acceptors (Lipinski definition) is 3. The van der Waals surface area contributed by atoms with Gasteiger partial charge in [-0.25, -0.2) is 8.42 Å². The monoisotopic (exact) mass is 408 g/mol. The highest BCUT2D eigenvalue weighted by Gasteiger charge is 2.23. The van der Waals surface area contributed by atoms with E-state index < -0.39 is 10.0 Å². The molecule has 146 valence electrons. The van der Waals surface area contributed by atoms with Crippen LogP contribution in [-0.4, -0.2) is 27.1 Å². The molecule has 5 nitrogen and oxygen atoms in total.